The Bertz CT molecular complexity index is 3190. The van der Waals surface area contributed by atoms with Crippen molar-refractivity contribution in [2.24, 2.45) is 0 Å². The van der Waals surface area contributed by atoms with Crippen molar-refractivity contribution in [2.45, 2.75) is 27.7 Å². The molecular formula is C60H54N2O6P2S4. The minimum absolute atomic E-state index is 0.168. The molecule has 0 bridgehead atoms. The molecule has 6 aromatic carbocycles. The third-order valence-electron chi connectivity index (χ3n) is 12.0. The Morgan fingerprint density at radius 2 is 0.595 bits per heavy atom. The highest BCUT2D eigenvalue weighted by molar-refractivity contribution is 7.64. The van der Waals surface area contributed by atoms with Crippen LogP contribution in [0, 0.1) is 0 Å². The predicted molar refractivity (Wildman–Crippen MR) is 315 cm³/mol. The normalized spacial score (nSPS) is 11.8. The van der Waals surface area contributed by atoms with Crippen LogP contribution in [-0.2, 0) is 27.2 Å². The molecule has 0 saturated carbocycles. The smallest absolute Gasteiger partial charge is 0.311 e. The summed E-state index contributed by atoms with van der Waals surface area (Å²) in [6.07, 6.45) is 0. The highest BCUT2D eigenvalue weighted by atomic mass is 32.1. The van der Waals surface area contributed by atoms with Gasteiger partial charge in [-0.3, -0.25) is 9.13 Å². The molecule has 0 saturated heterocycles. The fraction of sp³-hybridized carbons (Fsp3) is 0.133. The van der Waals surface area contributed by atoms with Gasteiger partial charge in [0.15, 0.2) is 0 Å². The topological polar surface area (TPSA) is 77.5 Å². The second-order valence-electron chi connectivity index (χ2n) is 16.8. The zero-order valence-electron chi connectivity index (χ0n) is 41.3. The predicted octanol–water partition coefficient (Wildman–Crippen LogP) is 19.0. The van der Waals surface area contributed by atoms with Crippen molar-refractivity contribution in [3.63, 3.8) is 0 Å². The molecule has 0 aliphatic heterocycles. The van der Waals surface area contributed by atoms with E-state index in [1.165, 1.54) is 22.7 Å². The Hall–Kier alpha value is -5.98. The van der Waals surface area contributed by atoms with Gasteiger partial charge in [0.1, 0.15) is 0 Å². The van der Waals surface area contributed by atoms with Gasteiger partial charge in [-0.15, -0.1) is 45.3 Å². The van der Waals surface area contributed by atoms with E-state index in [1.54, 1.807) is 22.7 Å². The first kappa shape index (κ1) is 51.5. The second kappa shape index (κ2) is 23.3. The monoisotopic (exact) mass is 1090 g/mol. The molecule has 0 fully saturated rings. The van der Waals surface area contributed by atoms with Crippen molar-refractivity contribution >= 4 is 105 Å². The average molecular weight is 1090 g/mol. The molecule has 4 aromatic heterocycles. The SMILES string of the molecule is CCOP(=O)(OCC)c1cc(-c2ccc(-c3ccc(N(c4ccccc4)c4ccccc4)cc3)s2)sc1-c1sc(-c2ccc(-c3ccc(N(c4ccccc4)c4ccccc4)cc3)s2)cc1P(=O)(OCC)OCC. The standard InChI is InChI=1S/C60H54N2O6P2S4/c1-5-65-69(63,66-6-2)51-41-57(55-39-37-53(71-55)43-29-33-49(34-30-43)61(45-21-13-9-14-22-45)46-23-15-10-16-24-46)73-59(51)60-52(70(64,67-7-3)68-8-4)42-58(74-60)56-40-38-54(72-56)44-31-35-50(36-32-44)62(47-25-17-11-18-26-47)48-27-19-12-20-28-48/h9-42H,5-8H2,1-4H3. The Kier molecular flexibility index (Phi) is 16.2. The van der Waals surface area contributed by atoms with Gasteiger partial charge in [-0.1, -0.05) is 97.1 Å². The van der Waals surface area contributed by atoms with Crippen LogP contribution < -0.4 is 20.4 Å². The van der Waals surface area contributed by atoms with E-state index in [9.17, 15) is 0 Å². The van der Waals surface area contributed by atoms with E-state index in [0.29, 0.717) is 20.4 Å². The van der Waals surface area contributed by atoms with Crippen molar-refractivity contribution in [1.29, 1.82) is 0 Å². The van der Waals surface area contributed by atoms with E-state index < -0.39 is 15.2 Å². The molecule has 0 radical (unpaired) electrons. The number of rotatable bonds is 21. The summed E-state index contributed by atoms with van der Waals surface area (Å²) < 4.78 is 54.5. The van der Waals surface area contributed by atoms with E-state index >= 15 is 9.13 Å². The molecule has 0 unspecified atom stereocenters. The van der Waals surface area contributed by atoms with Gasteiger partial charge in [-0.25, -0.2) is 0 Å². The summed E-state index contributed by atoms with van der Waals surface area (Å²) in [5.41, 5.74) is 8.52. The van der Waals surface area contributed by atoms with Gasteiger partial charge in [0, 0.05) is 63.4 Å². The molecule has 0 N–H and O–H groups in total. The molecular weight excluding hydrogens is 1030 g/mol. The number of hydrogen-bond donors (Lipinski definition) is 0. The van der Waals surface area contributed by atoms with Crippen LogP contribution in [0.15, 0.2) is 206 Å². The highest BCUT2D eigenvalue weighted by Crippen LogP contribution is 2.58. The van der Waals surface area contributed by atoms with Crippen LogP contribution in [0.2, 0.25) is 0 Å². The Labute approximate surface area is 449 Å². The van der Waals surface area contributed by atoms with Crippen LogP contribution in [0.25, 0.3) is 50.1 Å². The summed E-state index contributed by atoms with van der Waals surface area (Å²) in [6.45, 7) is 7.92. The molecule has 10 rings (SSSR count). The van der Waals surface area contributed by atoms with Crippen molar-refractivity contribution in [1.82, 2.24) is 0 Å². The van der Waals surface area contributed by atoms with Gasteiger partial charge in [-0.2, -0.15) is 0 Å². The van der Waals surface area contributed by atoms with Gasteiger partial charge in [-0.05, 0) is 148 Å². The van der Waals surface area contributed by atoms with E-state index in [4.69, 9.17) is 18.1 Å². The minimum atomic E-state index is -3.90. The quantitative estimate of drug-likeness (QED) is 0.0659. The van der Waals surface area contributed by atoms with Crippen LogP contribution in [-0.4, -0.2) is 26.4 Å². The first-order chi connectivity index (χ1) is 36.2. The maximum Gasteiger partial charge on any atom is 0.362 e. The van der Waals surface area contributed by atoms with Crippen LogP contribution in [0.5, 0.6) is 0 Å². The lowest BCUT2D eigenvalue weighted by Gasteiger charge is -2.25. The van der Waals surface area contributed by atoms with Gasteiger partial charge in [0.2, 0.25) is 0 Å². The number of nitrogens with zero attached hydrogens (tertiary/aromatic N) is 2. The first-order valence-electron chi connectivity index (χ1n) is 24.5. The molecule has 0 amide bonds. The van der Waals surface area contributed by atoms with Crippen molar-refractivity contribution < 1.29 is 27.2 Å². The molecule has 8 nitrogen and oxygen atoms in total. The Morgan fingerprint density at radius 1 is 0.324 bits per heavy atom. The molecule has 10 aromatic rings. The molecule has 374 valence electrons. The maximum atomic E-state index is 15.1. The summed E-state index contributed by atoms with van der Waals surface area (Å²) in [6, 6.07) is 71.0. The summed E-state index contributed by atoms with van der Waals surface area (Å²) >= 11 is 6.27. The van der Waals surface area contributed by atoms with Gasteiger partial charge < -0.3 is 27.9 Å². The molecule has 0 spiro atoms. The zero-order chi connectivity index (χ0) is 51.1. The molecule has 0 atom stereocenters. The van der Waals surface area contributed by atoms with Crippen LogP contribution in [0.3, 0.4) is 0 Å². The van der Waals surface area contributed by atoms with E-state index in [0.717, 1.165) is 74.5 Å². The van der Waals surface area contributed by atoms with Crippen LogP contribution >= 0.6 is 60.5 Å². The zero-order valence-corrected chi connectivity index (χ0v) is 46.4. The lowest BCUT2D eigenvalue weighted by atomic mass is 10.1. The lowest BCUT2D eigenvalue weighted by Crippen LogP contribution is -2.15. The fourth-order valence-corrected chi connectivity index (χ4v) is 17.9. The Morgan fingerprint density at radius 3 is 0.878 bits per heavy atom. The van der Waals surface area contributed by atoms with Crippen molar-refractivity contribution in [2.75, 3.05) is 36.2 Å². The summed E-state index contributed by atoms with van der Waals surface area (Å²) in [5.74, 6) is 0. The summed E-state index contributed by atoms with van der Waals surface area (Å²) in [4.78, 5) is 11.7. The third kappa shape index (κ3) is 10.9. The maximum absolute atomic E-state index is 15.1. The third-order valence-corrected chi connectivity index (χ3v) is 21.7. The summed E-state index contributed by atoms with van der Waals surface area (Å²) in [5, 5.41) is 0.840. The molecule has 14 heteroatoms. The number of hydrogen-bond acceptors (Lipinski definition) is 12. The van der Waals surface area contributed by atoms with E-state index in [1.807, 2.05) is 64.1 Å². The average Bonchev–Trinajstić information content (AvgIpc) is 4.30. The highest BCUT2D eigenvalue weighted by Gasteiger charge is 2.39. The number of thiophene rings is 4. The summed E-state index contributed by atoms with van der Waals surface area (Å²) in [7, 11) is -7.80. The van der Waals surface area contributed by atoms with Gasteiger partial charge in [0.25, 0.3) is 0 Å². The van der Waals surface area contributed by atoms with Gasteiger partial charge in [0.05, 0.1) is 46.8 Å². The number of anilines is 6. The lowest BCUT2D eigenvalue weighted by molar-refractivity contribution is 0.229. The van der Waals surface area contributed by atoms with Gasteiger partial charge >= 0.3 is 15.2 Å². The second-order valence-corrected chi connectivity index (χ2v) is 25.0. The number of para-hydroxylation sites is 4. The van der Waals surface area contributed by atoms with Crippen LogP contribution in [0.4, 0.5) is 34.1 Å². The largest absolute Gasteiger partial charge is 0.362 e. The minimum Gasteiger partial charge on any atom is -0.311 e. The molecule has 0 aliphatic rings. The van der Waals surface area contributed by atoms with E-state index in [2.05, 4.69) is 180 Å². The molecule has 4 heterocycles. The van der Waals surface area contributed by atoms with Crippen LogP contribution in [0.1, 0.15) is 27.7 Å². The fourth-order valence-electron chi connectivity index (χ4n) is 8.77. The first-order valence-corrected chi connectivity index (χ1v) is 30.9. The van der Waals surface area contributed by atoms with Crippen molar-refractivity contribution in [3.8, 4) is 50.1 Å². The van der Waals surface area contributed by atoms with Crippen molar-refractivity contribution in [3.05, 3.63) is 206 Å². The molecule has 74 heavy (non-hydrogen) atoms. The molecule has 0 aliphatic carbocycles. The number of benzene rings is 6. The Balaban J connectivity index is 1.02. The van der Waals surface area contributed by atoms with E-state index in [-0.39, 0.29) is 26.4 Å².